The average Bonchev–Trinajstić information content (AvgIpc) is 2.50. The predicted molar refractivity (Wildman–Crippen MR) is 68.7 cm³/mol. The second-order valence-corrected chi connectivity index (χ2v) is 6.31. The van der Waals surface area contributed by atoms with Crippen LogP contribution in [0.1, 0.15) is 13.8 Å². The number of rotatable bonds is 1. The van der Waals surface area contributed by atoms with Crippen LogP contribution in [0.3, 0.4) is 0 Å². The summed E-state index contributed by atoms with van der Waals surface area (Å²) in [5.41, 5.74) is 0.799. The van der Waals surface area contributed by atoms with Crippen LogP contribution in [0.5, 0.6) is 0 Å². The van der Waals surface area contributed by atoms with Gasteiger partial charge in [-0.15, -0.1) is 0 Å². The molecule has 0 radical (unpaired) electrons. The van der Waals surface area contributed by atoms with Gasteiger partial charge in [-0.1, -0.05) is 24.3 Å². The second kappa shape index (κ2) is 3.23. The molecule has 0 fully saturated rings. The molecule has 0 aliphatic carbocycles. The zero-order chi connectivity index (χ0) is 12.2. The summed E-state index contributed by atoms with van der Waals surface area (Å²) in [6.45, 7) is 3.78. The normalized spacial score (nSPS) is 17.0. The smallest absolute Gasteiger partial charge is 0.263 e. The van der Waals surface area contributed by atoms with Crippen LogP contribution in [-0.2, 0) is 10.0 Å². The summed E-state index contributed by atoms with van der Waals surface area (Å²) in [5.74, 6) is 0. The van der Waals surface area contributed by atoms with Gasteiger partial charge in [0.25, 0.3) is 10.0 Å². The first kappa shape index (κ1) is 10.6. The van der Waals surface area contributed by atoms with Gasteiger partial charge in [0.05, 0.1) is 10.6 Å². The molecule has 0 saturated carbocycles. The van der Waals surface area contributed by atoms with E-state index in [2.05, 4.69) is 0 Å². The highest BCUT2D eigenvalue weighted by molar-refractivity contribution is 7.93. The van der Waals surface area contributed by atoms with Gasteiger partial charge >= 0.3 is 0 Å². The Morgan fingerprint density at radius 2 is 1.71 bits per heavy atom. The van der Waals surface area contributed by atoms with Crippen LogP contribution in [0.25, 0.3) is 10.8 Å². The van der Waals surface area contributed by atoms with Crippen molar-refractivity contribution in [2.75, 3.05) is 4.31 Å². The molecule has 3 rings (SSSR count). The molecule has 1 heterocycles. The highest BCUT2D eigenvalue weighted by Gasteiger charge is 2.36. The molecule has 2 aromatic carbocycles. The summed E-state index contributed by atoms with van der Waals surface area (Å²) in [6, 6.07) is 11.1. The maximum absolute atomic E-state index is 12.4. The molecule has 0 saturated heterocycles. The molecule has 3 nitrogen and oxygen atoms in total. The molecule has 0 N–H and O–H groups in total. The first-order chi connectivity index (χ1) is 8.03. The van der Waals surface area contributed by atoms with Crippen LogP contribution >= 0.6 is 0 Å². The van der Waals surface area contributed by atoms with E-state index < -0.39 is 10.0 Å². The molecular formula is C13H13NO2S. The van der Waals surface area contributed by atoms with Crippen LogP contribution in [0, 0.1) is 0 Å². The SMILES string of the molecule is CC(C)N1c2cccc3cccc(c23)S1(=O)=O. The monoisotopic (exact) mass is 247 g/mol. The maximum atomic E-state index is 12.4. The highest BCUT2D eigenvalue weighted by Crippen LogP contribution is 2.42. The third kappa shape index (κ3) is 1.24. The standard InChI is InChI=1S/C13H13NO2S/c1-9(2)14-11-7-3-5-10-6-4-8-12(13(10)11)17(14,15)16/h3-9H,1-2H3. The fourth-order valence-corrected chi connectivity index (χ4v) is 4.39. The van der Waals surface area contributed by atoms with Crippen LogP contribution < -0.4 is 4.31 Å². The Kier molecular flexibility index (Phi) is 2.01. The first-order valence-electron chi connectivity index (χ1n) is 5.59. The Hall–Kier alpha value is -1.55. The Balaban J connectivity index is 2.50. The lowest BCUT2D eigenvalue weighted by atomic mass is 10.1. The van der Waals surface area contributed by atoms with Gasteiger partial charge in [0, 0.05) is 11.4 Å². The van der Waals surface area contributed by atoms with Crippen LogP contribution in [0.15, 0.2) is 41.3 Å². The average molecular weight is 247 g/mol. The summed E-state index contributed by atoms with van der Waals surface area (Å²) < 4.78 is 26.4. The summed E-state index contributed by atoms with van der Waals surface area (Å²) in [4.78, 5) is 0.430. The molecule has 17 heavy (non-hydrogen) atoms. The van der Waals surface area contributed by atoms with E-state index in [-0.39, 0.29) is 6.04 Å². The molecule has 0 bridgehead atoms. The Morgan fingerprint density at radius 1 is 1.06 bits per heavy atom. The lowest BCUT2D eigenvalue weighted by Crippen LogP contribution is -2.33. The first-order valence-corrected chi connectivity index (χ1v) is 7.03. The summed E-state index contributed by atoms with van der Waals surface area (Å²) in [7, 11) is -3.36. The molecule has 4 heteroatoms. The molecule has 0 aromatic heterocycles. The Morgan fingerprint density at radius 3 is 2.35 bits per heavy atom. The molecule has 88 valence electrons. The number of benzene rings is 2. The van der Waals surface area contributed by atoms with E-state index >= 15 is 0 Å². The molecule has 0 unspecified atom stereocenters. The van der Waals surface area contributed by atoms with Crippen LogP contribution in [-0.4, -0.2) is 14.5 Å². The minimum atomic E-state index is -3.36. The molecule has 0 amide bonds. The fraction of sp³-hybridized carbons (Fsp3) is 0.231. The maximum Gasteiger partial charge on any atom is 0.265 e. The topological polar surface area (TPSA) is 37.4 Å². The third-order valence-electron chi connectivity index (χ3n) is 3.09. The van der Waals surface area contributed by atoms with Gasteiger partial charge in [-0.3, -0.25) is 4.31 Å². The van der Waals surface area contributed by atoms with Crippen molar-refractivity contribution in [1.82, 2.24) is 0 Å². The number of hydrogen-bond acceptors (Lipinski definition) is 2. The van der Waals surface area contributed by atoms with Crippen molar-refractivity contribution < 1.29 is 8.42 Å². The fourth-order valence-electron chi connectivity index (χ4n) is 2.48. The summed E-state index contributed by atoms with van der Waals surface area (Å²) in [5, 5.41) is 1.83. The van der Waals surface area contributed by atoms with Gasteiger partial charge in [-0.2, -0.15) is 0 Å². The van der Waals surface area contributed by atoms with Gasteiger partial charge in [-0.05, 0) is 31.4 Å². The van der Waals surface area contributed by atoms with E-state index in [0.29, 0.717) is 4.90 Å². The van der Waals surface area contributed by atoms with Gasteiger partial charge in [-0.25, -0.2) is 8.42 Å². The zero-order valence-corrected chi connectivity index (χ0v) is 10.5. The zero-order valence-electron chi connectivity index (χ0n) is 9.71. The number of sulfonamides is 1. The number of hydrogen-bond donors (Lipinski definition) is 0. The summed E-state index contributed by atoms with van der Waals surface area (Å²) in [6.07, 6.45) is 0. The van der Waals surface area contributed by atoms with Gasteiger partial charge in [0.1, 0.15) is 0 Å². The van der Waals surface area contributed by atoms with Crippen LogP contribution in [0.2, 0.25) is 0 Å². The van der Waals surface area contributed by atoms with E-state index in [1.807, 2.05) is 38.1 Å². The van der Waals surface area contributed by atoms with Gasteiger partial charge < -0.3 is 0 Å². The molecule has 0 atom stereocenters. The third-order valence-corrected chi connectivity index (χ3v) is 5.12. The molecule has 1 aliphatic rings. The molecule has 2 aromatic rings. The number of nitrogens with zero attached hydrogens (tertiary/aromatic N) is 1. The number of anilines is 1. The van der Waals surface area contributed by atoms with Gasteiger partial charge in [0.15, 0.2) is 0 Å². The molecule has 1 aliphatic heterocycles. The quantitative estimate of drug-likeness (QED) is 0.777. The minimum absolute atomic E-state index is 0.0713. The van der Waals surface area contributed by atoms with Crippen molar-refractivity contribution in [2.45, 2.75) is 24.8 Å². The van der Waals surface area contributed by atoms with Crippen molar-refractivity contribution in [1.29, 1.82) is 0 Å². The van der Waals surface area contributed by atoms with Gasteiger partial charge in [0.2, 0.25) is 0 Å². The van der Waals surface area contributed by atoms with Crippen LogP contribution in [0.4, 0.5) is 5.69 Å². The van der Waals surface area contributed by atoms with Crippen molar-refractivity contribution >= 4 is 26.5 Å². The lowest BCUT2D eigenvalue weighted by Gasteiger charge is -2.22. The predicted octanol–water partition coefficient (Wildman–Crippen LogP) is 2.76. The van der Waals surface area contributed by atoms with Crippen molar-refractivity contribution in [3.63, 3.8) is 0 Å². The lowest BCUT2D eigenvalue weighted by molar-refractivity contribution is 0.588. The molecule has 0 spiro atoms. The van der Waals surface area contributed by atoms with E-state index in [1.54, 1.807) is 12.1 Å². The van der Waals surface area contributed by atoms with E-state index in [1.165, 1.54) is 4.31 Å². The molecular weight excluding hydrogens is 234 g/mol. The van der Waals surface area contributed by atoms with E-state index in [0.717, 1.165) is 16.5 Å². The van der Waals surface area contributed by atoms with E-state index in [9.17, 15) is 8.42 Å². The van der Waals surface area contributed by atoms with Crippen molar-refractivity contribution in [3.8, 4) is 0 Å². The van der Waals surface area contributed by atoms with E-state index in [4.69, 9.17) is 0 Å². The van der Waals surface area contributed by atoms with Crippen molar-refractivity contribution in [3.05, 3.63) is 36.4 Å². The highest BCUT2D eigenvalue weighted by atomic mass is 32.2. The second-order valence-electron chi connectivity index (χ2n) is 4.53. The van der Waals surface area contributed by atoms with Crippen molar-refractivity contribution in [2.24, 2.45) is 0 Å². The Labute approximate surface area is 101 Å². The largest absolute Gasteiger partial charge is 0.265 e. The Bertz CT molecular complexity index is 699. The summed E-state index contributed by atoms with van der Waals surface area (Å²) >= 11 is 0. The minimum Gasteiger partial charge on any atom is -0.263 e.